The molecule has 0 spiro atoms. The number of rotatable bonds is 4. The molecule has 0 amide bonds. The normalized spacial score (nSPS) is 10.9. The maximum atomic E-state index is 10.5. The van der Waals surface area contributed by atoms with E-state index in [1.165, 1.54) is 22.9 Å². The Morgan fingerprint density at radius 1 is 1.32 bits per heavy atom. The maximum absolute atomic E-state index is 10.5. The van der Waals surface area contributed by atoms with Crippen LogP contribution in [0, 0.1) is 0 Å². The van der Waals surface area contributed by atoms with Crippen molar-refractivity contribution in [1.29, 1.82) is 0 Å². The number of carboxylic acid groups (broad SMARTS) is 1. The van der Waals surface area contributed by atoms with Crippen molar-refractivity contribution in [2.75, 3.05) is 0 Å². The number of pyridine rings is 1. The molecule has 0 bridgehead atoms. The topological polar surface area (TPSA) is 79.9 Å². The number of aliphatic carboxylic acids is 1. The number of thiazole rings is 1. The minimum atomic E-state index is -0.796. The highest BCUT2D eigenvalue weighted by Gasteiger charge is 2.11. The SMILES string of the molecule is O=C(O)CC[n+]1ccc(-c2nc3snnc3s2)cc1. The van der Waals surface area contributed by atoms with E-state index in [4.69, 9.17) is 5.11 Å². The molecule has 0 saturated heterocycles. The summed E-state index contributed by atoms with van der Waals surface area (Å²) in [5, 5.41) is 13.5. The zero-order valence-electron chi connectivity index (χ0n) is 9.68. The smallest absolute Gasteiger partial charge is 0.309 e. The van der Waals surface area contributed by atoms with Crippen LogP contribution in [0.5, 0.6) is 0 Å². The number of hydrogen-bond acceptors (Lipinski definition) is 6. The van der Waals surface area contributed by atoms with Crippen LogP contribution >= 0.6 is 22.9 Å². The van der Waals surface area contributed by atoms with Crippen molar-refractivity contribution in [1.82, 2.24) is 14.6 Å². The predicted octanol–water partition coefficient (Wildman–Crippen LogP) is 1.58. The molecule has 8 heteroatoms. The summed E-state index contributed by atoms with van der Waals surface area (Å²) in [7, 11) is 0. The van der Waals surface area contributed by atoms with E-state index in [1.54, 1.807) is 0 Å². The third-order valence-corrected chi connectivity index (χ3v) is 4.30. The van der Waals surface area contributed by atoms with Gasteiger partial charge in [-0.05, 0) is 0 Å². The third kappa shape index (κ3) is 2.59. The van der Waals surface area contributed by atoms with Crippen LogP contribution in [-0.2, 0) is 11.3 Å². The van der Waals surface area contributed by atoms with Gasteiger partial charge in [0, 0.05) is 29.2 Å². The number of fused-ring (bicyclic) bond motifs is 1. The molecule has 0 aliphatic heterocycles. The second kappa shape index (κ2) is 4.98. The molecule has 3 heterocycles. The first-order valence-electron chi connectivity index (χ1n) is 5.52. The first kappa shape index (κ1) is 12.1. The van der Waals surface area contributed by atoms with Crippen molar-refractivity contribution >= 4 is 38.5 Å². The minimum Gasteiger partial charge on any atom is -0.481 e. The monoisotopic (exact) mass is 293 g/mol. The van der Waals surface area contributed by atoms with Crippen LogP contribution < -0.4 is 4.57 Å². The van der Waals surface area contributed by atoms with Gasteiger partial charge in [-0.25, -0.2) is 9.55 Å². The molecule has 1 N–H and O–H groups in total. The molecule has 0 fully saturated rings. The van der Waals surface area contributed by atoms with Crippen LogP contribution in [0.25, 0.3) is 20.2 Å². The first-order valence-corrected chi connectivity index (χ1v) is 7.11. The second-order valence-electron chi connectivity index (χ2n) is 3.87. The van der Waals surface area contributed by atoms with Gasteiger partial charge in [0.2, 0.25) is 0 Å². The number of aryl methyl sites for hydroxylation is 1. The van der Waals surface area contributed by atoms with Crippen molar-refractivity contribution in [3.8, 4) is 10.6 Å². The van der Waals surface area contributed by atoms with E-state index in [0.717, 1.165) is 20.2 Å². The van der Waals surface area contributed by atoms with Gasteiger partial charge in [-0.2, -0.15) is 0 Å². The molecule has 0 radical (unpaired) electrons. The van der Waals surface area contributed by atoms with Crippen LogP contribution in [0.2, 0.25) is 0 Å². The van der Waals surface area contributed by atoms with E-state index in [-0.39, 0.29) is 6.42 Å². The molecule has 0 aliphatic carbocycles. The van der Waals surface area contributed by atoms with Gasteiger partial charge in [0.1, 0.15) is 11.4 Å². The summed E-state index contributed by atoms with van der Waals surface area (Å²) in [5.41, 5.74) is 1.00. The van der Waals surface area contributed by atoms with Crippen LogP contribution in [0.3, 0.4) is 0 Å². The zero-order valence-corrected chi connectivity index (χ0v) is 11.3. The fraction of sp³-hybridized carbons (Fsp3) is 0.182. The molecular formula is C11H9N4O2S2+. The minimum absolute atomic E-state index is 0.118. The van der Waals surface area contributed by atoms with E-state index >= 15 is 0 Å². The molecule has 0 aliphatic rings. The number of carboxylic acids is 1. The van der Waals surface area contributed by atoms with Gasteiger partial charge in [0.05, 0.1) is 0 Å². The summed E-state index contributed by atoms with van der Waals surface area (Å²) in [5.74, 6) is -0.796. The Bertz CT molecular complexity index is 691. The number of hydrogen-bond donors (Lipinski definition) is 1. The van der Waals surface area contributed by atoms with Crippen molar-refractivity contribution in [2.24, 2.45) is 0 Å². The van der Waals surface area contributed by atoms with E-state index in [2.05, 4.69) is 14.6 Å². The Kier molecular flexibility index (Phi) is 3.18. The van der Waals surface area contributed by atoms with Crippen LogP contribution in [0.4, 0.5) is 0 Å². The van der Waals surface area contributed by atoms with Gasteiger partial charge in [-0.3, -0.25) is 4.79 Å². The quantitative estimate of drug-likeness (QED) is 0.739. The first-order chi connectivity index (χ1) is 9.22. The van der Waals surface area contributed by atoms with E-state index in [1.807, 2.05) is 29.1 Å². The standard InChI is InChI=1S/C11H8N4O2S2/c16-8(17)3-6-15-4-1-7(2-5-15)9-12-10-11(18-9)13-14-19-10/h1-2,4-5H,3,6H2/p+1. The average molecular weight is 293 g/mol. The molecule has 0 unspecified atom stereocenters. The predicted molar refractivity (Wildman–Crippen MR) is 71.0 cm³/mol. The van der Waals surface area contributed by atoms with Crippen molar-refractivity contribution < 1.29 is 14.5 Å². The Morgan fingerprint density at radius 3 is 2.79 bits per heavy atom. The highest BCUT2D eigenvalue weighted by atomic mass is 32.1. The lowest BCUT2D eigenvalue weighted by atomic mass is 10.3. The Labute approximate surface area is 116 Å². The van der Waals surface area contributed by atoms with Crippen molar-refractivity contribution in [3.63, 3.8) is 0 Å². The highest BCUT2D eigenvalue weighted by molar-refractivity contribution is 7.26. The lowest BCUT2D eigenvalue weighted by Crippen LogP contribution is -2.33. The number of carbonyl (C=O) groups is 1. The number of nitrogens with zero attached hydrogens (tertiary/aromatic N) is 4. The van der Waals surface area contributed by atoms with Crippen molar-refractivity contribution in [2.45, 2.75) is 13.0 Å². The molecule has 3 rings (SSSR count). The molecule has 96 valence electrons. The van der Waals surface area contributed by atoms with E-state index in [0.29, 0.717) is 6.54 Å². The van der Waals surface area contributed by atoms with Gasteiger partial charge < -0.3 is 5.11 Å². The average Bonchev–Trinajstić information content (AvgIpc) is 2.97. The summed E-state index contributed by atoms with van der Waals surface area (Å²) in [6, 6.07) is 3.86. The molecule has 0 atom stereocenters. The Morgan fingerprint density at radius 2 is 2.11 bits per heavy atom. The number of aromatic nitrogens is 4. The second-order valence-corrected chi connectivity index (χ2v) is 5.58. The van der Waals surface area contributed by atoms with Crippen molar-refractivity contribution in [3.05, 3.63) is 24.5 Å². The molecular weight excluding hydrogens is 284 g/mol. The molecule has 19 heavy (non-hydrogen) atoms. The van der Waals surface area contributed by atoms with E-state index < -0.39 is 5.97 Å². The van der Waals surface area contributed by atoms with E-state index in [9.17, 15) is 4.79 Å². The molecule has 0 aromatic carbocycles. The van der Waals surface area contributed by atoms with Crippen LogP contribution in [0.15, 0.2) is 24.5 Å². The zero-order chi connectivity index (χ0) is 13.2. The maximum Gasteiger partial charge on any atom is 0.309 e. The highest BCUT2D eigenvalue weighted by Crippen LogP contribution is 2.29. The van der Waals surface area contributed by atoms with Crippen LogP contribution in [-0.4, -0.2) is 25.6 Å². The van der Waals surface area contributed by atoms with Gasteiger partial charge >= 0.3 is 5.97 Å². The van der Waals surface area contributed by atoms with Gasteiger partial charge in [0.15, 0.2) is 28.6 Å². The van der Waals surface area contributed by atoms with Gasteiger partial charge in [-0.1, -0.05) is 15.8 Å². The molecule has 0 saturated carbocycles. The van der Waals surface area contributed by atoms with Crippen LogP contribution in [0.1, 0.15) is 6.42 Å². The fourth-order valence-corrected chi connectivity index (χ4v) is 3.20. The lowest BCUT2D eigenvalue weighted by molar-refractivity contribution is -0.695. The summed E-state index contributed by atoms with van der Waals surface area (Å²) in [6.07, 6.45) is 3.84. The summed E-state index contributed by atoms with van der Waals surface area (Å²) in [6.45, 7) is 0.466. The summed E-state index contributed by atoms with van der Waals surface area (Å²) >= 11 is 2.79. The van der Waals surface area contributed by atoms with Gasteiger partial charge in [0.25, 0.3) is 0 Å². The molecule has 6 nitrogen and oxygen atoms in total. The fourth-order valence-electron chi connectivity index (χ4n) is 1.61. The summed E-state index contributed by atoms with van der Waals surface area (Å²) < 4.78 is 5.67. The Hall–Kier alpha value is -1.93. The summed E-state index contributed by atoms with van der Waals surface area (Å²) in [4.78, 5) is 16.7. The third-order valence-electron chi connectivity index (χ3n) is 2.56. The molecule has 3 aromatic heterocycles. The van der Waals surface area contributed by atoms with Gasteiger partial charge in [-0.15, -0.1) is 5.10 Å². The Balaban J connectivity index is 1.82. The molecule has 3 aromatic rings. The largest absolute Gasteiger partial charge is 0.481 e. The lowest BCUT2D eigenvalue weighted by Gasteiger charge is -1.96.